The van der Waals surface area contributed by atoms with Crippen LogP contribution in [0.5, 0.6) is 5.75 Å². The zero-order valence-electron chi connectivity index (χ0n) is 22.4. The average molecular weight is 516 g/mol. The highest BCUT2D eigenvalue weighted by molar-refractivity contribution is 6.32. The predicted molar refractivity (Wildman–Crippen MR) is 151 cm³/mol. The lowest BCUT2D eigenvalue weighted by molar-refractivity contribution is -0.136. The molecule has 0 amide bonds. The van der Waals surface area contributed by atoms with Crippen LogP contribution in [-0.4, -0.2) is 33.5 Å². The van der Waals surface area contributed by atoms with Gasteiger partial charge in [0.25, 0.3) is 5.56 Å². The number of halogens is 1. The molecule has 0 unspecified atom stereocenters. The SMILES string of the molecule is C#C.C=Cc1c(-c2cc(Cl)c(OC)c(CCC)c2C)c(CC(=O)O)n(C)c(=O)c1C=C.CC(C)(C)O. The normalized spacial score (nSPS) is 10.3. The fourth-order valence-electron chi connectivity index (χ4n) is 3.75. The van der Waals surface area contributed by atoms with Crippen LogP contribution in [0.4, 0.5) is 0 Å². The van der Waals surface area contributed by atoms with Gasteiger partial charge in [-0.25, -0.2) is 0 Å². The van der Waals surface area contributed by atoms with Crippen molar-refractivity contribution in [2.75, 3.05) is 7.11 Å². The van der Waals surface area contributed by atoms with E-state index in [1.165, 1.54) is 10.6 Å². The molecule has 0 radical (unpaired) electrons. The van der Waals surface area contributed by atoms with Crippen LogP contribution in [0.25, 0.3) is 23.3 Å². The van der Waals surface area contributed by atoms with Crippen LogP contribution in [0.3, 0.4) is 0 Å². The van der Waals surface area contributed by atoms with E-state index in [9.17, 15) is 14.7 Å². The first kappa shape index (κ1) is 32.7. The number of methoxy groups -OCH3 is 1. The van der Waals surface area contributed by atoms with Crippen LogP contribution in [0.2, 0.25) is 5.02 Å². The summed E-state index contributed by atoms with van der Waals surface area (Å²) in [6.45, 7) is 16.9. The Bertz CT molecular complexity index is 1180. The largest absolute Gasteiger partial charge is 0.495 e. The Morgan fingerprint density at radius 2 is 1.72 bits per heavy atom. The zero-order chi connectivity index (χ0) is 28.4. The second kappa shape index (κ2) is 14.3. The van der Waals surface area contributed by atoms with E-state index in [0.717, 1.165) is 29.5 Å². The number of aromatic nitrogens is 1. The van der Waals surface area contributed by atoms with Gasteiger partial charge in [0.05, 0.1) is 24.2 Å². The van der Waals surface area contributed by atoms with Gasteiger partial charge in [-0.1, -0.05) is 50.3 Å². The summed E-state index contributed by atoms with van der Waals surface area (Å²) in [5.41, 5.74) is 3.75. The first-order valence-corrected chi connectivity index (χ1v) is 11.8. The molecule has 6 nitrogen and oxygen atoms in total. The van der Waals surface area contributed by atoms with E-state index in [1.807, 2.05) is 6.92 Å². The van der Waals surface area contributed by atoms with Crippen molar-refractivity contribution in [1.82, 2.24) is 4.57 Å². The van der Waals surface area contributed by atoms with Crippen LogP contribution in [0.1, 0.15) is 62.1 Å². The Kier molecular flexibility index (Phi) is 13.0. The van der Waals surface area contributed by atoms with Gasteiger partial charge >= 0.3 is 5.97 Å². The Morgan fingerprint density at radius 1 is 1.22 bits per heavy atom. The third kappa shape index (κ3) is 8.15. The van der Waals surface area contributed by atoms with E-state index in [2.05, 4.69) is 32.9 Å². The molecular formula is C29H38ClNO5. The van der Waals surface area contributed by atoms with Crippen molar-refractivity contribution in [2.24, 2.45) is 7.05 Å². The Hall–Kier alpha value is -3.27. The van der Waals surface area contributed by atoms with E-state index >= 15 is 0 Å². The van der Waals surface area contributed by atoms with Gasteiger partial charge in [0.15, 0.2) is 0 Å². The van der Waals surface area contributed by atoms with Crippen LogP contribution < -0.4 is 10.3 Å². The van der Waals surface area contributed by atoms with Crippen molar-refractivity contribution in [2.45, 2.75) is 59.5 Å². The molecule has 1 aromatic heterocycles. The van der Waals surface area contributed by atoms with E-state index in [4.69, 9.17) is 21.4 Å². The van der Waals surface area contributed by atoms with Crippen molar-refractivity contribution in [3.05, 3.63) is 62.5 Å². The molecule has 0 spiro atoms. The van der Waals surface area contributed by atoms with E-state index in [0.29, 0.717) is 33.2 Å². The third-order valence-corrected chi connectivity index (χ3v) is 5.39. The lowest BCUT2D eigenvalue weighted by Crippen LogP contribution is -2.26. The number of hydrogen-bond acceptors (Lipinski definition) is 4. The van der Waals surface area contributed by atoms with Gasteiger partial charge < -0.3 is 19.5 Å². The Balaban J connectivity index is 0.00000156. The first-order valence-electron chi connectivity index (χ1n) is 11.4. The van der Waals surface area contributed by atoms with Gasteiger partial charge in [-0.15, -0.1) is 12.8 Å². The highest BCUT2D eigenvalue weighted by Crippen LogP contribution is 2.41. The number of pyridine rings is 1. The van der Waals surface area contributed by atoms with E-state index in [1.54, 1.807) is 47.1 Å². The second-order valence-electron chi connectivity index (χ2n) is 8.96. The maximum absolute atomic E-state index is 12.8. The van der Waals surface area contributed by atoms with Crippen LogP contribution in [0, 0.1) is 19.8 Å². The number of aliphatic hydroxyl groups is 1. The summed E-state index contributed by atoms with van der Waals surface area (Å²) in [5.74, 6) is -0.419. The fourth-order valence-corrected chi connectivity index (χ4v) is 4.05. The molecule has 0 atom stereocenters. The van der Waals surface area contributed by atoms with Crippen molar-refractivity contribution >= 4 is 29.7 Å². The molecule has 2 aromatic rings. The molecule has 0 aliphatic carbocycles. The van der Waals surface area contributed by atoms with Gasteiger partial charge in [0, 0.05) is 23.9 Å². The summed E-state index contributed by atoms with van der Waals surface area (Å²) in [6.07, 6.45) is 12.4. The molecule has 36 heavy (non-hydrogen) atoms. The number of hydrogen-bond donors (Lipinski definition) is 2. The van der Waals surface area contributed by atoms with Crippen LogP contribution in [0.15, 0.2) is 24.0 Å². The molecule has 0 aliphatic heterocycles. The number of nitrogens with zero attached hydrogens (tertiary/aromatic N) is 1. The minimum atomic E-state index is -1.03. The van der Waals surface area contributed by atoms with Gasteiger partial charge in [0.1, 0.15) is 5.75 Å². The lowest BCUT2D eigenvalue weighted by Gasteiger charge is -2.23. The van der Waals surface area contributed by atoms with Crippen molar-refractivity contribution in [3.8, 4) is 29.7 Å². The molecule has 2 N–H and O–H groups in total. The number of aliphatic carboxylic acids is 1. The molecule has 1 heterocycles. The lowest BCUT2D eigenvalue weighted by atomic mass is 9.87. The molecule has 0 fully saturated rings. The Morgan fingerprint density at radius 3 is 2.11 bits per heavy atom. The molecular weight excluding hydrogens is 478 g/mol. The number of terminal acetylenes is 1. The maximum atomic E-state index is 12.8. The third-order valence-electron chi connectivity index (χ3n) is 5.11. The minimum absolute atomic E-state index is 0.314. The molecule has 0 saturated heterocycles. The van der Waals surface area contributed by atoms with Crippen molar-refractivity contribution in [3.63, 3.8) is 0 Å². The maximum Gasteiger partial charge on any atom is 0.309 e. The molecule has 0 saturated carbocycles. The summed E-state index contributed by atoms with van der Waals surface area (Å²) in [7, 11) is 3.14. The zero-order valence-corrected chi connectivity index (χ0v) is 23.1. The first-order chi connectivity index (χ1) is 16.7. The number of rotatable bonds is 8. The molecule has 196 valence electrons. The van der Waals surface area contributed by atoms with Gasteiger partial charge in [-0.2, -0.15) is 0 Å². The number of ether oxygens (including phenoxy) is 1. The smallest absolute Gasteiger partial charge is 0.309 e. The summed E-state index contributed by atoms with van der Waals surface area (Å²) >= 11 is 6.53. The monoisotopic (exact) mass is 515 g/mol. The Labute approximate surface area is 219 Å². The number of carboxylic acids is 1. The summed E-state index contributed by atoms with van der Waals surface area (Å²) in [5, 5.41) is 18.4. The highest BCUT2D eigenvalue weighted by Gasteiger charge is 2.24. The number of carbonyl (C=O) groups is 1. The summed E-state index contributed by atoms with van der Waals surface area (Å²) in [4.78, 5) is 24.4. The van der Waals surface area contributed by atoms with Crippen molar-refractivity contribution < 1.29 is 19.7 Å². The average Bonchev–Trinajstić information content (AvgIpc) is 2.79. The quantitative estimate of drug-likeness (QED) is 0.426. The topological polar surface area (TPSA) is 88.8 Å². The van der Waals surface area contributed by atoms with Crippen LogP contribution in [-0.2, 0) is 24.7 Å². The van der Waals surface area contributed by atoms with E-state index in [-0.39, 0.29) is 12.0 Å². The standard InChI is InChI=1S/C23H26ClNO4.C4H10O.C2H2/c1-7-10-16-13(4)17(11-18(24)22(16)29-6)21-14(8-2)15(9-3)23(28)25(5)19(21)12-20(26)27;1-4(2,3)5;1-2/h8-9,11H,2-3,7,10,12H2,1,4-6H3,(H,26,27);5H,1-3H3;1-2H. The number of carboxylic acid groups (broad SMARTS) is 1. The highest BCUT2D eigenvalue weighted by atomic mass is 35.5. The molecule has 0 aliphatic rings. The summed E-state index contributed by atoms with van der Waals surface area (Å²) in [6, 6.07) is 1.76. The molecule has 1 aromatic carbocycles. The fraction of sp³-hybridized carbons (Fsp3) is 0.379. The predicted octanol–water partition coefficient (Wildman–Crippen LogP) is 5.91. The minimum Gasteiger partial charge on any atom is -0.495 e. The van der Waals surface area contributed by atoms with Gasteiger partial charge in [-0.05, 0) is 62.4 Å². The number of benzene rings is 1. The molecule has 0 bridgehead atoms. The summed E-state index contributed by atoms with van der Waals surface area (Å²) < 4.78 is 6.89. The molecule has 2 rings (SSSR count). The van der Waals surface area contributed by atoms with Crippen LogP contribution >= 0.6 is 11.6 Å². The van der Waals surface area contributed by atoms with Gasteiger partial charge in [0.2, 0.25) is 0 Å². The van der Waals surface area contributed by atoms with E-state index < -0.39 is 11.6 Å². The van der Waals surface area contributed by atoms with Gasteiger partial charge in [-0.3, -0.25) is 9.59 Å². The van der Waals surface area contributed by atoms with Crippen molar-refractivity contribution in [1.29, 1.82) is 0 Å². The molecule has 7 heteroatoms. The second-order valence-corrected chi connectivity index (χ2v) is 9.36.